The number of hydrogen-bond donors (Lipinski definition) is 3. The van der Waals surface area contributed by atoms with Gasteiger partial charge >= 0.3 is 5.97 Å². The van der Waals surface area contributed by atoms with Crippen molar-refractivity contribution in [3.63, 3.8) is 0 Å². The van der Waals surface area contributed by atoms with Gasteiger partial charge in [0.2, 0.25) is 17.7 Å². The third-order valence-corrected chi connectivity index (χ3v) is 9.52. The smallest absolute Gasteiger partial charge is 0.326 e. The van der Waals surface area contributed by atoms with Crippen LogP contribution < -0.4 is 10.6 Å². The highest BCUT2D eigenvalue weighted by Gasteiger charge is 2.51. The van der Waals surface area contributed by atoms with E-state index in [1.165, 1.54) is 4.90 Å². The number of hydrogen-bond acceptors (Lipinski definition) is 7. The number of unbranched alkanes of at least 4 members (excludes halogenated alkanes) is 1. The van der Waals surface area contributed by atoms with E-state index in [1.807, 2.05) is 62.7 Å². The Labute approximate surface area is 265 Å². The van der Waals surface area contributed by atoms with Crippen LogP contribution >= 0.6 is 0 Å². The Balaban J connectivity index is 1.31. The van der Waals surface area contributed by atoms with E-state index in [9.17, 15) is 24.3 Å². The molecule has 246 valence electrons. The molecule has 3 amide bonds. The first-order valence-corrected chi connectivity index (χ1v) is 16.3. The Morgan fingerprint density at radius 3 is 2.31 bits per heavy atom. The minimum atomic E-state index is -0.990. The number of fused-ring (bicyclic) bond motifs is 1. The molecule has 1 aromatic heterocycles. The largest absolute Gasteiger partial charge is 0.480 e. The molecule has 45 heavy (non-hydrogen) atoms. The predicted octanol–water partition coefficient (Wildman–Crippen LogP) is 3.16. The van der Waals surface area contributed by atoms with Gasteiger partial charge in [0.15, 0.2) is 5.82 Å². The summed E-state index contributed by atoms with van der Waals surface area (Å²) in [5.41, 5.74) is 0.647. The number of nitrogens with zero attached hydrogens (tertiary/aromatic N) is 5. The van der Waals surface area contributed by atoms with Crippen LogP contribution in [0.2, 0.25) is 0 Å². The van der Waals surface area contributed by atoms with Crippen molar-refractivity contribution >= 4 is 23.7 Å². The summed E-state index contributed by atoms with van der Waals surface area (Å²) in [5.74, 6) is -1.66. The summed E-state index contributed by atoms with van der Waals surface area (Å²) in [6, 6.07) is 7.43. The number of aryl methyl sites for hydroxylation is 1. The Hall–Kier alpha value is -3.83. The van der Waals surface area contributed by atoms with Crippen molar-refractivity contribution in [2.45, 2.75) is 110 Å². The van der Waals surface area contributed by atoms with E-state index >= 15 is 0 Å². The summed E-state index contributed by atoms with van der Waals surface area (Å²) in [6.07, 6.45) is 4.78. The number of aliphatic carboxylic acids is 1. The molecule has 1 saturated carbocycles. The third-order valence-electron chi connectivity index (χ3n) is 9.52. The zero-order chi connectivity index (χ0) is 32.9. The van der Waals surface area contributed by atoms with Crippen LogP contribution in [0.15, 0.2) is 30.3 Å². The molecule has 0 bridgehead atoms. The molecule has 2 heterocycles. The first kappa shape index (κ1) is 34.1. The monoisotopic (exact) mass is 623 g/mol. The molecule has 12 heteroatoms. The summed E-state index contributed by atoms with van der Waals surface area (Å²) in [5, 5.41) is 28.0. The molecule has 2 aliphatic rings. The standard InChI is InChI=1S/C33H49N7O5/c1-20(2)27(30(42)35-28(21(3)4)31(43)39-19-22-13-12-16-24(22)29(39)32(44)45)34-26(41)18-11-10-17-25-36-37-38-40(25)33(5,6)23-14-8-7-9-15-23/h7-9,14-15,20-22,24,27-29H,10-13,16-19H2,1-6H3,(H,34,41)(H,35,42)(H,44,45)/t22-,24-,27-,28-,29?/m0/s1. The molecule has 1 aliphatic heterocycles. The van der Waals surface area contributed by atoms with Crippen LogP contribution in [0, 0.1) is 23.7 Å². The van der Waals surface area contributed by atoms with E-state index in [2.05, 4.69) is 40.0 Å². The van der Waals surface area contributed by atoms with Crippen LogP contribution in [0.5, 0.6) is 0 Å². The van der Waals surface area contributed by atoms with Gasteiger partial charge in [0, 0.05) is 19.4 Å². The first-order valence-electron chi connectivity index (χ1n) is 16.3. The van der Waals surface area contributed by atoms with Crippen LogP contribution in [-0.4, -0.2) is 78.6 Å². The van der Waals surface area contributed by atoms with Gasteiger partial charge < -0.3 is 20.6 Å². The van der Waals surface area contributed by atoms with Crippen molar-refractivity contribution in [3.05, 3.63) is 41.7 Å². The number of nitrogens with one attached hydrogen (secondary N) is 2. The molecule has 12 nitrogen and oxygen atoms in total. The lowest BCUT2D eigenvalue weighted by atomic mass is 9.94. The maximum absolute atomic E-state index is 13.7. The molecule has 1 aromatic carbocycles. The molecule has 4 rings (SSSR count). The molecule has 2 fully saturated rings. The second-order valence-corrected chi connectivity index (χ2v) is 13.8. The van der Waals surface area contributed by atoms with Gasteiger partial charge in [-0.2, -0.15) is 0 Å². The summed E-state index contributed by atoms with van der Waals surface area (Å²) in [6.45, 7) is 11.9. The molecule has 5 atom stereocenters. The van der Waals surface area contributed by atoms with Gasteiger partial charge in [0.05, 0.1) is 5.54 Å². The molecule has 0 radical (unpaired) electrons. The van der Waals surface area contributed by atoms with E-state index in [0.29, 0.717) is 25.8 Å². The van der Waals surface area contributed by atoms with Crippen LogP contribution in [0.4, 0.5) is 0 Å². The highest BCUT2D eigenvalue weighted by molar-refractivity contribution is 5.94. The molecule has 1 unspecified atom stereocenters. The summed E-state index contributed by atoms with van der Waals surface area (Å²) in [4.78, 5) is 53.7. The number of likely N-dealkylation sites (tertiary alicyclic amines) is 1. The number of carbonyl (C=O) groups is 4. The number of carboxylic acid groups (broad SMARTS) is 1. The zero-order valence-electron chi connectivity index (χ0n) is 27.4. The van der Waals surface area contributed by atoms with Crippen LogP contribution in [-0.2, 0) is 31.1 Å². The van der Waals surface area contributed by atoms with Crippen molar-refractivity contribution in [3.8, 4) is 0 Å². The van der Waals surface area contributed by atoms with Gasteiger partial charge in [-0.25, -0.2) is 9.48 Å². The third kappa shape index (κ3) is 7.70. The summed E-state index contributed by atoms with van der Waals surface area (Å²) in [7, 11) is 0. The second-order valence-electron chi connectivity index (χ2n) is 13.8. The minimum absolute atomic E-state index is 0.0411. The normalized spacial score (nSPS) is 21.1. The number of amides is 3. The van der Waals surface area contributed by atoms with Crippen LogP contribution in [0.3, 0.4) is 0 Å². The average molecular weight is 624 g/mol. The number of carboxylic acids is 1. The van der Waals surface area contributed by atoms with Crippen molar-refractivity contribution < 1.29 is 24.3 Å². The fourth-order valence-corrected chi connectivity index (χ4v) is 6.90. The van der Waals surface area contributed by atoms with Crippen molar-refractivity contribution in [1.29, 1.82) is 0 Å². The van der Waals surface area contributed by atoms with Crippen molar-refractivity contribution in [2.75, 3.05) is 6.54 Å². The lowest BCUT2D eigenvalue weighted by molar-refractivity contribution is -0.151. The topological polar surface area (TPSA) is 159 Å². The van der Waals surface area contributed by atoms with Crippen LogP contribution in [0.1, 0.15) is 91.5 Å². The van der Waals surface area contributed by atoms with Gasteiger partial charge in [-0.15, -0.1) is 5.10 Å². The molecule has 1 saturated heterocycles. The van der Waals surface area contributed by atoms with Gasteiger partial charge in [0.1, 0.15) is 18.1 Å². The second kappa shape index (κ2) is 14.5. The minimum Gasteiger partial charge on any atom is -0.480 e. The number of carbonyl (C=O) groups excluding carboxylic acids is 3. The fourth-order valence-electron chi connectivity index (χ4n) is 6.90. The molecule has 2 aromatic rings. The Bertz CT molecular complexity index is 1340. The van der Waals surface area contributed by atoms with E-state index in [1.54, 1.807) is 0 Å². The predicted molar refractivity (Wildman–Crippen MR) is 168 cm³/mol. The zero-order valence-corrected chi connectivity index (χ0v) is 27.4. The average Bonchev–Trinajstić information content (AvgIpc) is 3.73. The van der Waals surface area contributed by atoms with Crippen molar-refractivity contribution in [2.24, 2.45) is 23.7 Å². The Morgan fingerprint density at radius 1 is 0.978 bits per heavy atom. The molecular formula is C33H49N7O5. The number of aromatic nitrogens is 4. The molecule has 3 N–H and O–H groups in total. The van der Waals surface area contributed by atoms with E-state index in [4.69, 9.17) is 0 Å². The maximum atomic E-state index is 13.7. The number of benzene rings is 1. The van der Waals surface area contributed by atoms with E-state index < -0.39 is 35.5 Å². The molecule has 1 aliphatic carbocycles. The number of tetrazole rings is 1. The van der Waals surface area contributed by atoms with Gasteiger partial charge in [0.25, 0.3) is 0 Å². The van der Waals surface area contributed by atoms with Gasteiger partial charge in [-0.1, -0.05) is 64.4 Å². The SMILES string of the molecule is CC(C)[C@H](NC(=O)CCCCc1nnnn1C(C)(C)c1ccccc1)C(=O)N[C@H](C(=O)N1C[C@@H]2CCC[C@@H]2C1C(=O)O)C(C)C. The van der Waals surface area contributed by atoms with E-state index in [-0.39, 0.29) is 41.9 Å². The lowest BCUT2D eigenvalue weighted by Gasteiger charge is -2.32. The quantitative estimate of drug-likeness (QED) is 0.271. The fraction of sp³-hybridized carbons (Fsp3) is 0.667. The summed E-state index contributed by atoms with van der Waals surface area (Å²) < 4.78 is 1.82. The van der Waals surface area contributed by atoms with Gasteiger partial charge in [-0.05, 0) is 79.2 Å². The Morgan fingerprint density at radius 2 is 1.67 bits per heavy atom. The summed E-state index contributed by atoms with van der Waals surface area (Å²) >= 11 is 0. The maximum Gasteiger partial charge on any atom is 0.326 e. The lowest BCUT2D eigenvalue weighted by Crippen LogP contribution is -2.58. The molecule has 0 spiro atoms. The van der Waals surface area contributed by atoms with E-state index in [0.717, 1.165) is 30.7 Å². The van der Waals surface area contributed by atoms with Crippen molar-refractivity contribution in [1.82, 2.24) is 35.7 Å². The number of rotatable bonds is 14. The van der Waals surface area contributed by atoms with Gasteiger partial charge in [-0.3, -0.25) is 14.4 Å². The van der Waals surface area contributed by atoms with Crippen LogP contribution in [0.25, 0.3) is 0 Å². The highest BCUT2D eigenvalue weighted by Crippen LogP contribution is 2.42. The molecular weight excluding hydrogens is 574 g/mol. The first-order chi connectivity index (χ1) is 21.3. The Kier molecular flexibility index (Phi) is 11.0. The highest BCUT2D eigenvalue weighted by atomic mass is 16.4.